The van der Waals surface area contributed by atoms with E-state index >= 15 is 0 Å². The number of piperidine rings is 1. The van der Waals surface area contributed by atoms with Gasteiger partial charge in [0.1, 0.15) is 5.82 Å². The van der Waals surface area contributed by atoms with E-state index < -0.39 is 0 Å². The number of likely N-dealkylation sites (tertiary alicyclic amines) is 1. The summed E-state index contributed by atoms with van der Waals surface area (Å²) < 4.78 is 13.2. The maximum Gasteiger partial charge on any atom is 0.227 e. The summed E-state index contributed by atoms with van der Waals surface area (Å²) in [6, 6.07) is 9.78. The lowest BCUT2D eigenvalue weighted by Crippen LogP contribution is -2.42. The topological polar surface area (TPSA) is 49.4 Å². The first-order valence-corrected chi connectivity index (χ1v) is 8.86. The molecule has 3 rings (SSSR count). The molecule has 24 heavy (non-hydrogen) atoms. The summed E-state index contributed by atoms with van der Waals surface area (Å²) in [5.74, 6) is -0.506. The van der Waals surface area contributed by atoms with Gasteiger partial charge in [0, 0.05) is 29.6 Å². The van der Waals surface area contributed by atoms with Crippen LogP contribution in [0.2, 0.25) is 0 Å². The highest BCUT2D eigenvalue weighted by atomic mass is 32.1. The molecule has 1 aromatic heterocycles. The van der Waals surface area contributed by atoms with Crippen LogP contribution in [0, 0.1) is 11.7 Å². The van der Waals surface area contributed by atoms with Crippen molar-refractivity contribution in [2.24, 2.45) is 5.92 Å². The zero-order valence-electron chi connectivity index (χ0n) is 13.2. The van der Waals surface area contributed by atoms with Crippen LogP contribution >= 0.6 is 11.3 Å². The summed E-state index contributed by atoms with van der Waals surface area (Å²) in [6.07, 6.45) is 1.70. The molecule has 1 aliphatic rings. The number of nitrogens with one attached hydrogen (secondary N) is 1. The van der Waals surface area contributed by atoms with Crippen LogP contribution in [-0.2, 0) is 16.0 Å². The van der Waals surface area contributed by atoms with Gasteiger partial charge in [-0.1, -0.05) is 12.1 Å². The molecule has 2 amide bonds. The zero-order valence-corrected chi connectivity index (χ0v) is 14.0. The van der Waals surface area contributed by atoms with Crippen molar-refractivity contribution in [1.29, 1.82) is 0 Å². The Labute approximate surface area is 144 Å². The van der Waals surface area contributed by atoms with Crippen molar-refractivity contribution >= 4 is 28.8 Å². The van der Waals surface area contributed by atoms with Crippen molar-refractivity contribution in [2.45, 2.75) is 19.3 Å². The molecule has 0 spiro atoms. The number of hydrogen-bond donors (Lipinski definition) is 1. The van der Waals surface area contributed by atoms with Gasteiger partial charge < -0.3 is 10.2 Å². The van der Waals surface area contributed by atoms with E-state index in [4.69, 9.17) is 0 Å². The Morgan fingerprint density at radius 3 is 2.67 bits per heavy atom. The maximum atomic E-state index is 13.2. The molecule has 6 heteroatoms. The lowest BCUT2D eigenvalue weighted by Gasteiger charge is -2.31. The van der Waals surface area contributed by atoms with Crippen molar-refractivity contribution in [3.8, 4) is 0 Å². The van der Waals surface area contributed by atoms with E-state index in [0.29, 0.717) is 38.0 Å². The smallest absolute Gasteiger partial charge is 0.227 e. The molecule has 2 heterocycles. The van der Waals surface area contributed by atoms with Crippen LogP contribution in [0.3, 0.4) is 0 Å². The van der Waals surface area contributed by atoms with Gasteiger partial charge in [0.2, 0.25) is 11.8 Å². The van der Waals surface area contributed by atoms with Gasteiger partial charge in [-0.05, 0) is 42.5 Å². The molecule has 0 bridgehead atoms. The van der Waals surface area contributed by atoms with Gasteiger partial charge in [0.15, 0.2) is 0 Å². The van der Waals surface area contributed by atoms with E-state index in [1.54, 1.807) is 23.5 Å². The lowest BCUT2D eigenvalue weighted by atomic mass is 9.95. The summed E-state index contributed by atoms with van der Waals surface area (Å²) in [5, 5.41) is 4.72. The lowest BCUT2D eigenvalue weighted by molar-refractivity contribution is -0.133. The van der Waals surface area contributed by atoms with Crippen LogP contribution in [0.4, 0.5) is 10.1 Å². The van der Waals surface area contributed by atoms with Crippen LogP contribution in [0.5, 0.6) is 0 Å². The first-order valence-electron chi connectivity index (χ1n) is 7.98. The van der Waals surface area contributed by atoms with Crippen LogP contribution in [-0.4, -0.2) is 29.8 Å². The monoisotopic (exact) mass is 346 g/mol. The molecule has 4 nitrogen and oxygen atoms in total. The quantitative estimate of drug-likeness (QED) is 0.923. The highest BCUT2D eigenvalue weighted by Gasteiger charge is 2.27. The van der Waals surface area contributed by atoms with Crippen molar-refractivity contribution in [2.75, 3.05) is 18.4 Å². The van der Waals surface area contributed by atoms with Crippen LogP contribution < -0.4 is 5.32 Å². The number of carbonyl (C=O) groups excluding carboxylic acids is 2. The molecule has 0 saturated carbocycles. The molecular weight excluding hydrogens is 327 g/mol. The second kappa shape index (κ2) is 7.57. The molecule has 1 fully saturated rings. The number of thiophene rings is 1. The van der Waals surface area contributed by atoms with Crippen molar-refractivity contribution in [3.63, 3.8) is 0 Å². The molecule has 1 aliphatic heterocycles. The molecule has 126 valence electrons. The minimum atomic E-state index is -0.373. The molecule has 0 unspecified atom stereocenters. The molecule has 1 aromatic carbocycles. The number of amides is 2. The van der Waals surface area contributed by atoms with Gasteiger partial charge in [-0.3, -0.25) is 9.59 Å². The first kappa shape index (κ1) is 16.6. The Bertz CT molecular complexity index is 710. The highest BCUT2D eigenvalue weighted by Crippen LogP contribution is 2.21. The Morgan fingerprint density at radius 2 is 2.00 bits per heavy atom. The third kappa shape index (κ3) is 4.20. The Hall–Kier alpha value is -2.21. The fourth-order valence-electron chi connectivity index (χ4n) is 2.88. The number of nitrogens with zero attached hydrogens (tertiary/aromatic N) is 1. The summed E-state index contributed by atoms with van der Waals surface area (Å²) in [4.78, 5) is 27.4. The average molecular weight is 346 g/mol. The van der Waals surface area contributed by atoms with E-state index in [1.165, 1.54) is 12.1 Å². The number of carbonyl (C=O) groups is 2. The fourth-order valence-corrected chi connectivity index (χ4v) is 3.57. The van der Waals surface area contributed by atoms with E-state index in [9.17, 15) is 14.0 Å². The minimum absolute atomic E-state index is 0.106. The molecule has 0 aliphatic carbocycles. The molecule has 0 atom stereocenters. The van der Waals surface area contributed by atoms with E-state index in [0.717, 1.165) is 4.88 Å². The molecule has 1 saturated heterocycles. The number of halogens is 1. The van der Waals surface area contributed by atoms with E-state index in [-0.39, 0.29) is 23.5 Å². The van der Waals surface area contributed by atoms with Crippen LogP contribution in [0.25, 0.3) is 0 Å². The number of rotatable bonds is 4. The summed E-state index contributed by atoms with van der Waals surface area (Å²) in [6.45, 7) is 1.18. The Morgan fingerprint density at radius 1 is 1.21 bits per heavy atom. The first-order chi connectivity index (χ1) is 11.6. The molecule has 1 N–H and O–H groups in total. The van der Waals surface area contributed by atoms with Gasteiger partial charge in [0.25, 0.3) is 0 Å². The van der Waals surface area contributed by atoms with Crippen LogP contribution in [0.15, 0.2) is 41.8 Å². The van der Waals surface area contributed by atoms with E-state index in [2.05, 4.69) is 5.32 Å². The largest absolute Gasteiger partial charge is 0.342 e. The van der Waals surface area contributed by atoms with Gasteiger partial charge in [-0.2, -0.15) is 0 Å². The molecular formula is C18H19FN2O2S. The Balaban J connectivity index is 1.49. The predicted octanol–water partition coefficient (Wildman–Crippen LogP) is 3.31. The second-order valence-corrected chi connectivity index (χ2v) is 6.94. The third-order valence-electron chi connectivity index (χ3n) is 4.22. The standard InChI is InChI=1S/C18H19FN2O2S/c19-14-3-1-4-15(11-14)20-18(23)13-6-8-21(9-7-13)17(22)12-16-5-2-10-24-16/h1-5,10-11,13H,6-9,12H2,(H,20,23). The minimum Gasteiger partial charge on any atom is -0.342 e. The predicted molar refractivity (Wildman–Crippen MR) is 92.4 cm³/mol. The van der Waals surface area contributed by atoms with E-state index in [1.807, 2.05) is 22.4 Å². The summed E-state index contributed by atoms with van der Waals surface area (Å²) in [7, 11) is 0. The summed E-state index contributed by atoms with van der Waals surface area (Å²) >= 11 is 1.58. The SMILES string of the molecule is O=C(Nc1cccc(F)c1)C1CCN(C(=O)Cc2cccs2)CC1. The Kier molecular flexibility index (Phi) is 5.25. The number of benzene rings is 1. The average Bonchev–Trinajstić information content (AvgIpc) is 3.08. The van der Waals surface area contributed by atoms with Gasteiger partial charge in [-0.25, -0.2) is 4.39 Å². The summed E-state index contributed by atoms with van der Waals surface area (Å²) in [5.41, 5.74) is 0.469. The van der Waals surface area contributed by atoms with Crippen molar-refractivity contribution in [3.05, 3.63) is 52.5 Å². The highest BCUT2D eigenvalue weighted by molar-refractivity contribution is 7.10. The van der Waals surface area contributed by atoms with Gasteiger partial charge >= 0.3 is 0 Å². The third-order valence-corrected chi connectivity index (χ3v) is 5.09. The normalized spacial score (nSPS) is 15.3. The number of anilines is 1. The van der Waals surface area contributed by atoms with Gasteiger partial charge in [-0.15, -0.1) is 11.3 Å². The van der Waals surface area contributed by atoms with Crippen molar-refractivity contribution < 1.29 is 14.0 Å². The zero-order chi connectivity index (χ0) is 16.9. The number of hydrogen-bond acceptors (Lipinski definition) is 3. The fraction of sp³-hybridized carbons (Fsp3) is 0.333. The molecule has 0 radical (unpaired) electrons. The van der Waals surface area contributed by atoms with Gasteiger partial charge in [0.05, 0.1) is 6.42 Å². The molecule has 2 aromatic rings. The second-order valence-electron chi connectivity index (χ2n) is 5.91. The van der Waals surface area contributed by atoms with Crippen LogP contribution in [0.1, 0.15) is 17.7 Å². The van der Waals surface area contributed by atoms with Crippen molar-refractivity contribution in [1.82, 2.24) is 4.90 Å². The maximum absolute atomic E-state index is 13.2.